The Balaban J connectivity index is 1.88. The van der Waals surface area contributed by atoms with Crippen molar-refractivity contribution in [2.45, 2.75) is 12.0 Å². The molecular formula is C10H14N2O2. The molecule has 2 heterocycles. The van der Waals surface area contributed by atoms with Gasteiger partial charge in [-0.1, -0.05) is 6.07 Å². The molecule has 1 saturated heterocycles. The molecule has 1 fully saturated rings. The summed E-state index contributed by atoms with van der Waals surface area (Å²) in [4.78, 5) is 4.11. The minimum atomic E-state index is -0.725. The number of nitrogens with one attached hydrogen (secondary N) is 1. The Bertz CT molecular complexity index is 283. The molecule has 0 amide bonds. The molecular weight excluding hydrogens is 180 g/mol. The second-order valence-electron chi connectivity index (χ2n) is 3.60. The van der Waals surface area contributed by atoms with Crippen LogP contribution in [0.25, 0.3) is 0 Å². The van der Waals surface area contributed by atoms with E-state index in [4.69, 9.17) is 4.74 Å². The van der Waals surface area contributed by atoms with Crippen LogP contribution >= 0.6 is 0 Å². The molecule has 1 aromatic heterocycles. The van der Waals surface area contributed by atoms with E-state index < -0.39 is 5.60 Å². The van der Waals surface area contributed by atoms with Gasteiger partial charge in [0.25, 0.3) is 0 Å². The molecule has 14 heavy (non-hydrogen) atoms. The van der Waals surface area contributed by atoms with E-state index >= 15 is 0 Å². The number of rotatable bonds is 3. The van der Waals surface area contributed by atoms with Gasteiger partial charge < -0.3 is 15.2 Å². The molecule has 2 rings (SSSR count). The third-order valence-electron chi connectivity index (χ3n) is 2.35. The quantitative estimate of drug-likeness (QED) is 0.741. The van der Waals surface area contributed by atoms with Gasteiger partial charge in [0.05, 0.1) is 6.61 Å². The fourth-order valence-electron chi connectivity index (χ4n) is 1.46. The Labute approximate surface area is 82.9 Å². The highest BCUT2D eigenvalue weighted by Crippen LogP contribution is 2.18. The van der Waals surface area contributed by atoms with Crippen LogP contribution in [0.4, 0.5) is 5.82 Å². The highest BCUT2D eigenvalue weighted by molar-refractivity contribution is 5.33. The summed E-state index contributed by atoms with van der Waals surface area (Å²) in [6, 6.07) is 5.64. The van der Waals surface area contributed by atoms with E-state index in [1.807, 2.05) is 18.2 Å². The maximum absolute atomic E-state index is 9.94. The molecule has 4 heteroatoms. The molecule has 0 radical (unpaired) electrons. The van der Waals surface area contributed by atoms with Gasteiger partial charge >= 0.3 is 0 Å². The van der Waals surface area contributed by atoms with E-state index in [1.54, 1.807) is 6.20 Å². The van der Waals surface area contributed by atoms with Crippen molar-refractivity contribution in [1.29, 1.82) is 0 Å². The van der Waals surface area contributed by atoms with Gasteiger partial charge in [0.2, 0.25) is 0 Å². The van der Waals surface area contributed by atoms with Gasteiger partial charge in [-0.3, -0.25) is 0 Å². The van der Waals surface area contributed by atoms with Crippen molar-refractivity contribution in [3.63, 3.8) is 0 Å². The SMILES string of the molecule is OC1(CNc2ccccn2)CCOC1. The number of aliphatic hydroxyl groups is 1. The Hall–Kier alpha value is -1.13. The van der Waals surface area contributed by atoms with E-state index in [0.717, 1.165) is 5.82 Å². The van der Waals surface area contributed by atoms with E-state index in [-0.39, 0.29) is 0 Å². The number of hydrogen-bond donors (Lipinski definition) is 2. The first-order valence-corrected chi connectivity index (χ1v) is 4.74. The largest absolute Gasteiger partial charge is 0.386 e. The number of aromatic nitrogens is 1. The molecule has 1 aliphatic rings. The second kappa shape index (κ2) is 3.94. The molecule has 76 valence electrons. The zero-order chi connectivity index (χ0) is 9.86. The molecule has 0 aliphatic carbocycles. The second-order valence-corrected chi connectivity index (χ2v) is 3.60. The fourth-order valence-corrected chi connectivity index (χ4v) is 1.46. The van der Waals surface area contributed by atoms with Gasteiger partial charge in [0.1, 0.15) is 11.4 Å². The average Bonchev–Trinajstić information content (AvgIpc) is 2.65. The highest BCUT2D eigenvalue weighted by Gasteiger charge is 2.31. The van der Waals surface area contributed by atoms with Crippen molar-refractivity contribution in [3.05, 3.63) is 24.4 Å². The smallest absolute Gasteiger partial charge is 0.125 e. The molecule has 1 aromatic rings. The minimum Gasteiger partial charge on any atom is -0.386 e. The normalized spacial score (nSPS) is 26.4. The standard InChI is InChI=1S/C10H14N2O2/c13-10(4-6-14-8-10)7-12-9-3-1-2-5-11-9/h1-3,5,13H,4,6-8H2,(H,11,12). The van der Waals surface area contributed by atoms with Gasteiger partial charge in [-0.05, 0) is 12.1 Å². The summed E-state index contributed by atoms with van der Waals surface area (Å²) in [5.41, 5.74) is -0.725. The van der Waals surface area contributed by atoms with Crippen molar-refractivity contribution in [2.24, 2.45) is 0 Å². The Morgan fingerprint density at radius 3 is 3.14 bits per heavy atom. The first-order chi connectivity index (χ1) is 6.79. The first kappa shape index (κ1) is 9.43. The van der Waals surface area contributed by atoms with Crippen molar-refractivity contribution < 1.29 is 9.84 Å². The van der Waals surface area contributed by atoms with Crippen LogP contribution < -0.4 is 5.32 Å². The van der Waals surface area contributed by atoms with Gasteiger partial charge in [-0.15, -0.1) is 0 Å². The maximum atomic E-state index is 9.94. The Morgan fingerprint density at radius 2 is 2.50 bits per heavy atom. The summed E-state index contributed by atoms with van der Waals surface area (Å²) in [6.45, 7) is 1.54. The lowest BCUT2D eigenvalue weighted by molar-refractivity contribution is 0.0381. The highest BCUT2D eigenvalue weighted by atomic mass is 16.5. The first-order valence-electron chi connectivity index (χ1n) is 4.74. The van der Waals surface area contributed by atoms with Gasteiger partial charge in [0, 0.05) is 25.8 Å². The summed E-state index contributed by atoms with van der Waals surface area (Å²) >= 11 is 0. The van der Waals surface area contributed by atoms with Crippen LogP contribution in [0.2, 0.25) is 0 Å². The number of anilines is 1. The molecule has 2 N–H and O–H groups in total. The topological polar surface area (TPSA) is 54.4 Å². The predicted octanol–water partition coefficient (Wildman–Crippen LogP) is 0.645. The number of pyridine rings is 1. The zero-order valence-corrected chi connectivity index (χ0v) is 7.94. The molecule has 0 aromatic carbocycles. The molecule has 0 saturated carbocycles. The van der Waals surface area contributed by atoms with E-state index in [0.29, 0.717) is 26.2 Å². The lowest BCUT2D eigenvalue weighted by Gasteiger charge is -2.20. The van der Waals surface area contributed by atoms with Crippen LogP contribution in [-0.2, 0) is 4.74 Å². The lowest BCUT2D eigenvalue weighted by atomic mass is 10.0. The summed E-state index contributed by atoms with van der Waals surface area (Å²) in [5.74, 6) is 0.785. The zero-order valence-electron chi connectivity index (χ0n) is 7.94. The summed E-state index contributed by atoms with van der Waals surface area (Å²) < 4.78 is 5.14. The number of ether oxygens (including phenoxy) is 1. The molecule has 1 aliphatic heterocycles. The summed E-state index contributed by atoms with van der Waals surface area (Å²) in [6.07, 6.45) is 2.41. The molecule has 4 nitrogen and oxygen atoms in total. The average molecular weight is 194 g/mol. The lowest BCUT2D eigenvalue weighted by Crippen LogP contribution is -2.37. The Morgan fingerprint density at radius 1 is 1.57 bits per heavy atom. The molecule has 0 bridgehead atoms. The van der Waals surface area contributed by atoms with Crippen molar-refractivity contribution >= 4 is 5.82 Å². The number of nitrogens with zero attached hydrogens (tertiary/aromatic N) is 1. The summed E-state index contributed by atoms with van der Waals surface area (Å²) in [7, 11) is 0. The van der Waals surface area contributed by atoms with E-state index in [9.17, 15) is 5.11 Å². The fraction of sp³-hybridized carbons (Fsp3) is 0.500. The van der Waals surface area contributed by atoms with Gasteiger partial charge in [-0.25, -0.2) is 4.98 Å². The maximum Gasteiger partial charge on any atom is 0.125 e. The predicted molar refractivity (Wildman–Crippen MR) is 53.1 cm³/mol. The van der Waals surface area contributed by atoms with Gasteiger partial charge in [0.15, 0.2) is 0 Å². The van der Waals surface area contributed by atoms with Gasteiger partial charge in [-0.2, -0.15) is 0 Å². The summed E-state index contributed by atoms with van der Waals surface area (Å²) in [5, 5.41) is 13.0. The van der Waals surface area contributed by atoms with Crippen molar-refractivity contribution in [1.82, 2.24) is 4.98 Å². The van der Waals surface area contributed by atoms with Crippen LogP contribution in [0.15, 0.2) is 24.4 Å². The monoisotopic (exact) mass is 194 g/mol. The third-order valence-corrected chi connectivity index (χ3v) is 2.35. The van der Waals surface area contributed by atoms with Crippen molar-refractivity contribution in [3.8, 4) is 0 Å². The van der Waals surface area contributed by atoms with Crippen LogP contribution in [0, 0.1) is 0 Å². The van der Waals surface area contributed by atoms with E-state index in [2.05, 4.69) is 10.3 Å². The molecule has 1 atom stereocenters. The van der Waals surface area contributed by atoms with Crippen LogP contribution in [0.5, 0.6) is 0 Å². The van der Waals surface area contributed by atoms with Crippen LogP contribution in [0.1, 0.15) is 6.42 Å². The van der Waals surface area contributed by atoms with E-state index in [1.165, 1.54) is 0 Å². The Kier molecular flexibility index (Phi) is 2.65. The third kappa shape index (κ3) is 2.21. The van der Waals surface area contributed by atoms with Crippen LogP contribution in [0.3, 0.4) is 0 Å². The molecule has 1 unspecified atom stereocenters. The minimum absolute atomic E-state index is 0.410. The molecule has 0 spiro atoms. The van der Waals surface area contributed by atoms with Crippen LogP contribution in [-0.4, -0.2) is 35.5 Å². The number of hydrogen-bond acceptors (Lipinski definition) is 4. The van der Waals surface area contributed by atoms with Crippen molar-refractivity contribution in [2.75, 3.05) is 25.1 Å².